The second-order valence-corrected chi connectivity index (χ2v) is 3.80. The molecule has 0 aliphatic heterocycles. The minimum atomic E-state index is -0.158. The number of rotatable bonds is 4. The second kappa shape index (κ2) is 5.07. The van der Waals surface area contributed by atoms with Gasteiger partial charge in [0.2, 0.25) is 0 Å². The lowest BCUT2D eigenvalue weighted by Gasteiger charge is -2.08. The summed E-state index contributed by atoms with van der Waals surface area (Å²) in [5.74, 6) is 0. The highest BCUT2D eigenvalue weighted by atomic mass is 16.3. The smallest absolute Gasteiger partial charge is 0.116 e. The Labute approximate surface area is 99.3 Å². The number of aliphatic hydroxyl groups excluding tert-OH is 2. The lowest BCUT2D eigenvalue weighted by molar-refractivity contribution is 0.268. The molecule has 5 nitrogen and oxygen atoms in total. The minimum absolute atomic E-state index is 0.00684. The average molecular weight is 233 g/mol. The van der Waals surface area contributed by atoms with Gasteiger partial charge in [-0.15, -0.1) is 5.10 Å². The first-order chi connectivity index (χ1) is 8.27. The van der Waals surface area contributed by atoms with Crippen molar-refractivity contribution >= 4 is 0 Å². The highest BCUT2D eigenvalue weighted by Gasteiger charge is 2.15. The Bertz CT molecular complexity index is 508. The van der Waals surface area contributed by atoms with E-state index >= 15 is 0 Å². The summed E-state index contributed by atoms with van der Waals surface area (Å²) in [5.41, 5.74) is 3.38. The van der Waals surface area contributed by atoms with Gasteiger partial charge in [0, 0.05) is 5.56 Å². The lowest BCUT2D eigenvalue weighted by atomic mass is 10.0. The van der Waals surface area contributed by atoms with Crippen LogP contribution in [0.25, 0.3) is 11.3 Å². The number of aryl methyl sites for hydroxylation is 1. The van der Waals surface area contributed by atoms with Crippen molar-refractivity contribution in [3.8, 4) is 11.3 Å². The van der Waals surface area contributed by atoms with E-state index in [1.54, 1.807) is 4.68 Å². The van der Waals surface area contributed by atoms with Crippen molar-refractivity contribution in [2.75, 3.05) is 6.61 Å². The molecule has 2 rings (SSSR count). The summed E-state index contributed by atoms with van der Waals surface area (Å²) in [4.78, 5) is 0. The molecule has 0 radical (unpaired) electrons. The fourth-order valence-corrected chi connectivity index (χ4v) is 1.84. The highest BCUT2D eigenvalue weighted by Crippen LogP contribution is 2.25. The first kappa shape index (κ1) is 11.8. The molecule has 0 saturated heterocycles. The van der Waals surface area contributed by atoms with Gasteiger partial charge in [-0.3, -0.25) is 0 Å². The number of hydrogen-bond acceptors (Lipinski definition) is 4. The van der Waals surface area contributed by atoms with Gasteiger partial charge in [-0.25, -0.2) is 4.68 Å². The maximum Gasteiger partial charge on any atom is 0.116 e. The van der Waals surface area contributed by atoms with E-state index in [1.807, 2.05) is 31.2 Å². The number of aliphatic hydroxyl groups is 2. The van der Waals surface area contributed by atoms with Crippen LogP contribution >= 0.6 is 0 Å². The molecule has 0 aliphatic rings. The zero-order chi connectivity index (χ0) is 12.3. The largest absolute Gasteiger partial charge is 0.394 e. The zero-order valence-corrected chi connectivity index (χ0v) is 9.67. The third kappa shape index (κ3) is 2.20. The molecule has 1 heterocycles. The third-order valence-electron chi connectivity index (χ3n) is 2.67. The first-order valence-corrected chi connectivity index (χ1v) is 5.48. The standard InChI is InChI=1S/C12H15N3O2/c1-9-4-2-3-5-10(9)12-11(8-17)13-14-15(12)6-7-16/h2-5,16-17H,6-8H2,1H3. The maximum atomic E-state index is 9.27. The van der Waals surface area contributed by atoms with Crippen LogP contribution in [-0.4, -0.2) is 31.8 Å². The van der Waals surface area contributed by atoms with Crippen molar-refractivity contribution < 1.29 is 10.2 Å². The van der Waals surface area contributed by atoms with Crippen LogP contribution in [0.5, 0.6) is 0 Å². The highest BCUT2D eigenvalue weighted by molar-refractivity contribution is 5.65. The van der Waals surface area contributed by atoms with E-state index in [9.17, 15) is 5.11 Å². The van der Waals surface area contributed by atoms with Crippen LogP contribution in [0.4, 0.5) is 0 Å². The van der Waals surface area contributed by atoms with Crippen molar-refractivity contribution in [2.45, 2.75) is 20.1 Å². The summed E-state index contributed by atoms with van der Waals surface area (Å²) < 4.78 is 1.62. The summed E-state index contributed by atoms with van der Waals surface area (Å²) >= 11 is 0. The number of aromatic nitrogens is 3. The van der Waals surface area contributed by atoms with Gasteiger partial charge in [-0.2, -0.15) is 0 Å². The van der Waals surface area contributed by atoms with Crippen LogP contribution in [0.1, 0.15) is 11.3 Å². The molecular formula is C12H15N3O2. The second-order valence-electron chi connectivity index (χ2n) is 3.80. The van der Waals surface area contributed by atoms with E-state index in [4.69, 9.17) is 5.11 Å². The topological polar surface area (TPSA) is 71.2 Å². The van der Waals surface area contributed by atoms with E-state index in [2.05, 4.69) is 10.3 Å². The van der Waals surface area contributed by atoms with E-state index in [0.717, 1.165) is 16.8 Å². The lowest BCUT2D eigenvalue weighted by Crippen LogP contribution is -2.07. The molecule has 0 aliphatic carbocycles. The van der Waals surface area contributed by atoms with Crippen molar-refractivity contribution in [1.82, 2.24) is 15.0 Å². The monoisotopic (exact) mass is 233 g/mol. The predicted octanol–water partition coefficient (Wildman–Crippen LogP) is 0.738. The molecule has 0 fully saturated rings. The summed E-state index contributed by atoms with van der Waals surface area (Å²) in [6.45, 7) is 2.20. The summed E-state index contributed by atoms with van der Waals surface area (Å²) in [6.07, 6.45) is 0. The van der Waals surface area contributed by atoms with Crippen molar-refractivity contribution in [3.63, 3.8) is 0 Å². The zero-order valence-electron chi connectivity index (χ0n) is 9.67. The molecule has 0 spiro atoms. The summed E-state index contributed by atoms with van der Waals surface area (Å²) in [6, 6.07) is 7.84. The van der Waals surface area contributed by atoms with Crippen molar-refractivity contribution in [3.05, 3.63) is 35.5 Å². The van der Waals surface area contributed by atoms with Crippen LogP contribution in [0.15, 0.2) is 24.3 Å². The average Bonchev–Trinajstić information content (AvgIpc) is 2.73. The van der Waals surface area contributed by atoms with Crippen molar-refractivity contribution in [2.24, 2.45) is 0 Å². The normalized spacial score (nSPS) is 10.8. The molecule has 2 aromatic rings. The maximum absolute atomic E-state index is 9.27. The first-order valence-electron chi connectivity index (χ1n) is 5.48. The van der Waals surface area contributed by atoms with Gasteiger partial charge in [0.05, 0.1) is 25.5 Å². The minimum Gasteiger partial charge on any atom is -0.394 e. The molecule has 17 heavy (non-hydrogen) atoms. The third-order valence-corrected chi connectivity index (χ3v) is 2.67. The van der Waals surface area contributed by atoms with Crippen LogP contribution < -0.4 is 0 Å². The van der Waals surface area contributed by atoms with Gasteiger partial charge in [-0.1, -0.05) is 29.5 Å². The Kier molecular flexibility index (Phi) is 3.51. The summed E-state index contributed by atoms with van der Waals surface area (Å²) in [7, 11) is 0. The van der Waals surface area contributed by atoms with E-state index in [-0.39, 0.29) is 13.2 Å². The molecule has 0 saturated carbocycles. The molecule has 0 atom stereocenters. The molecule has 90 valence electrons. The Morgan fingerprint density at radius 2 is 2.00 bits per heavy atom. The number of hydrogen-bond donors (Lipinski definition) is 2. The van der Waals surface area contributed by atoms with Crippen LogP contribution in [-0.2, 0) is 13.2 Å². The SMILES string of the molecule is Cc1ccccc1-c1c(CO)nnn1CCO. The van der Waals surface area contributed by atoms with Crippen molar-refractivity contribution in [1.29, 1.82) is 0 Å². The fourth-order valence-electron chi connectivity index (χ4n) is 1.84. The fraction of sp³-hybridized carbons (Fsp3) is 0.333. The van der Waals surface area contributed by atoms with Gasteiger partial charge in [0.15, 0.2) is 0 Å². The summed E-state index contributed by atoms with van der Waals surface area (Å²) in [5, 5.41) is 26.1. The quantitative estimate of drug-likeness (QED) is 0.817. The molecule has 0 amide bonds. The molecule has 1 aromatic heterocycles. The number of nitrogens with zero attached hydrogens (tertiary/aromatic N) is 3. The Morgan fingerprint density at radius 1 is 1.24 bits per heavy atom. The molecule has 5 heteroatoms. The van der Waals surface area contributed by atoms with Crippen LogP contribution in [0.2, 0.25) is 0 Å². The van der Waals surface area contributed by atoms with Gasteiger partial charge < -0.3 is 10.2 Å². The predicted molar refractivity (Wildman–Crippen MR) is 63.2 cm³/mol. The molecule has 0 unspecified atom stereocenters. The number of benzene rings is 1. The van der Waals surface area contributed by atoms with E-state index < -0.39 is 0 Å². The van der Waals surface area contributed by atoms with Crippen LogP contribution in [0, 0.1) is 6.92 Å². The van der Waals surface area contributed by atoms with Gasteiger partial charge in [0.1, 0.15) is 5.69 Å². The Hall–Kier alpha value is -1.72. The van der Waals surface area contributed by atoms with Gasteiger partial charge in [-0.05, 0) is 12.5 Å². The van der Waals surface area contributed by atoms with E-state index in [0.29, 0.717) is 12.2 Å². The van der Waals surface area contributed by atoms with Gasteiger partial charge in [0.25, 0.3) is 0 Å². The van der Waals surface area contributed by atoms with Gasteiger partial charge >= 0.3 is 0 Å². The van der Waals surface area contributed by atoms with Crippen LogP contribution in [0.3, 0.4) is 0 Å². The Morgan fingerprint density at radius 3 is 2.65 bits per heavy atom. The molecule has 2 N–H and O–H groups in total. The Balaban J connectivity index is 2.56. The molecule has 0 bridgehead atoms. The molecule has 1 aromatic carbocycles. The molecular weight excluding hydrogens is 218 g/mol. The van der Waals surface area contributed by atoms with E-state index in [1.165, 1.54) is 0 Å².